The van der Waals surface area contributed by atoms with Crippen molar-refractivity contribution in [3.63, 3.8) is 0 Å². The van der Waals surface area contributed by atoms with E-state index in [-0.39, 0.29) is 54.8 Å². The summed E-state index contributed by atoms with van der Waals surface area (Å²) in [6.45, 7) is 18.3. The van der Waals surface area contributed by atoms with Crippen molar-refractivity contribution in [1.29, 1.82) is 0 Å². The highest BCUT2D eigenvalue weighted by Gasteiger charge is 2.45. The van der Waals surface area contributed by atoms with Crippen LogP contribution in [0.2, 0.25) is 0 Å². The van der Waals surface area contributed by atoms with E-state index in [0.29, 0.717) is 53.6 Å². The van der Waals surface area contributed by atoms with E-state index in [9.17, 15) is 53.1 Å². The Kier molecular flexibility index (Phi) is 45.7. The number of nitrogens with one attached hydrogen (secondary N) is 3. The molecule has 0 aromatic heterocycles. The van der Waals surface area contributed by atoms with Crippen molar-refractivity contribution in [2.45, 2.75) is 240 Å². The number of nitrogens with zero attached hydrogens (tertiary/aromatic N) is 3. The third kappa shape index (κ3) is 34.9. The van der Waals surface area contributed by atoms with Crippen molar-refractivity contribution in [2.75, 3.05) is 13.1 Å². The van der Waals surface area contributed by atoms with Gasteiger partial charge in [0.15, 0.2) is 11.6 Å². The Morgan fingerprint density at radius 2 is 0.866 bits per heavy atom. The van der Waals surface area contributed by atoms with Crippen LogP contribution in [0.5, 0.6) is 0 Å². The van der Waals surface area contributed by atoms with Gasteiger partial charge in [0, 0.05) is 33.4 Å². The second kappa shape index (κ2) is 53.8. The Morgan fingerprint density at radius 1 is 0.464 bits per heavy atom. The van der Waals surface area contributed by atoms with Crippen molar-refractivity contribution >= 4 is 77.2 Å². The van der Waals surface area contributed by atoms with Gasteiger partial charge in [0.2, 0.25) is 17.7 Å². The summed E-state index contributed by atoms with van der Waals surface area (Å²) in [5, 5.41) is 43.6. The van der Waals surface area contributed by atoms with Crippen molar-refractivity contribution in [3.05, 3.63) is 215 Å². The molecule has 0 spiro atoms. The number of amides is 3. The van der Waals surface area contributed by atoms with E-state index in [1.165, 1.54) is 0 Å². The number of aliphatic imine (C=N–C) groups is 3. The molecule has 3 aliphatic heterocycles. The number of esters is 3. The molecule has 23 heteroatoms. The highest BCUT2D eigenvalue weighted by molar-refractivity contribution is 6.08. The molecule has 9 rings (SSSR count). The molecule has 2 atom stereocenters. The number of hydrogen-bond acceptors (Lipinski definition) is 16. The van der Waals surface area contributed by atoms with Gasteiger partial charge in [-0.3, -0.25) is 24.0 Å². The Labute approximate surface area is 661 Å². The van der Waals surface area contributed by atoms with E-state index in [4.69, 9.17) is 34.5 Å². The molecule has 0 fully saturated rings. The van der Waals surface area contributed by atoms with E-state index in [0.717, 1.165) is 152 Å². The molecule has 6 aromatic rings. The van der Waals surface area contributed by atoms with E-state index >= 15 is 0 Å². The van der Waals surface area contributed by atoms with Gasteiger partial charge < -0.3 is 50.6 Å². The molecular weight excluding hydrogens is 1430 g/mol. The molecule has 0 radical (unpaired) electrons. The highest BCUT2D eigenvalue weighted by atomic mass is 16.6. The minimum atomic E-state index is -1.15. The van der Waals surface area contributed by atoms with Crippen molar-refractivity contribution in [2.24, 2.45) is 20.4 Å². The van der Waals surface area contributed by atoms with Gasteiger partial charge in [0.1, 0.15) is 24.7 Å². The number of hydrogen-bond donors (Lipinski definition) is 7. The minimum absolute atomic E-state index is 0.143. The maximum Gasteiger partial charge on any atom is 0.340 e. The molecule has 6 aromatic carbocycles. The molecule has 0 saturated heterocycles. The summed E-state index contributed by atoms with van der Waals surface area (Å²) in [5.41, 5.74) is 1.77. The van der Waals surface area contributed by atoms with Gasteiger partial charge in [-0.05, 0) is 131 Å². The van der Waals surface area contributed by atoms with E-state index < -0.39 is 46.4 Å². The first-order valence-corrected chi connectivity index (χ1v) is 39.4. The van der Waals surface area contributed by atoms with Crippen LogP contribution >= 0.6 is 0 Å². The quantitative estimate of drug-likeness (QED) is 0.0141. The molecule has 2 unspecified atom stereocenters. The summed E-state index contributed by atoms with van der Waals surface area (Å²) in [5.74, 6) is -3.91. The molecule has 3 amide bonds. The number of ether oxygens (including phenoxy) is 3. The van der Waals surface area contributed by atoms with Crippen LogP contribution in [-0.4, -0.2) is 134 Å². The number of carboxylic acid groups (broad SMARTS) is 4. The van der Waals surface area contributed by atoms with Crippen LogP contribution in [-0.2, 0) is 47.8 Å². The maximum absolute atomic E-state index is 12.4. The van der Waals surface area contributed by atoms with Crippen molar-refractivity contribution in [1.82, 2.24) is 16.0 Å². The molecule has 0 bridgehead atoms. The number of carbonyl (C=O) groups excluding carboxylic acids is 6. The fourth-order valence-corrected chi connectivity index (χ4v) is 11.4. The van der Waals surface area contributed by atoms with Crippen LogP contribution < -0.4 is 16.0 Å². The zero-order valence-electron chi connectivity index (χ0n) is 66.8. The largest absolute Gasteiger partial charge is 0.481 e. The number of carboxylic acids is 4. The average molecular weight is 1540 g/mol. The zero-order chi connectivity index (χ0) is 82.6. The second-order valence-corrected chi connectivity index (χ2v) is 27.6. The molecule has 3 aliphatic rings. The normalized spacial score (nSPS) is 13.8. The predicted octanol–water partition coefficient (Wildman–Crippen LogP) is 17.3. The highest BCUT2D eigenvalue weighted by Crippen LogP contribution is 2.34. The van der Waals surface area contributed by atoms with Crippen LogP contribution in [0.3, 0.4) is 0 Å². The molecule has 0 saturated carbocycles. The first kappa shape index (κ1) is 95.2. The third-order valence-corrected chi connectivity index (χ3v) is 18.3. The summed E-state index contributed by atoms with van der Waals surface area (Å²) in [4.78, 5) is 127. The molecule has 7 N–H and O–H groups in total. The van der Waals surface area contributed by atoms with Gasteiger partial charge in [0.25, 0.3) is 17.7 Å². The number of carbonyl (C=O) groups is 10. The fraction of sp³-hybridized carbons (Fsp3) is 0.449. The lowest BCUT2D eigenvalue weighted by Gasteiger charge is -2.30. The van der Waals surface area contributed by atoms with Crippen molar-refractivity contribution in [3.8, 4) is 0 Å². The molecular formula is C89H118N6O17. The molecule has 606 valence electrons. The number of benzene rings is 6. The van der Waals surface area contributed by atoms with Gasteiger partial charge in [-0.1, -0.05) is 267 Å². The number of aliphatic carboxylic acids is 4. The lowest BCUT2D eigenvalue weighted by atomic mass is 9.80. The van der Waals surface area contributed by atoms with Gasteiger partial charge in [-0.2, -0.15) is 0 Å². The topological polar surface area (TPSA) is 352 Å². The van der Waals surface area contributed by atoms with Gasteiger partial charge in [-0.25, -0.2) is 38.9 Å². The third-order valence-electron chi connectivity index (χ3n) is 18.3. The van der Waals surface area contributed by atoms with Crippen LogP contribution in [0.15, 0.2) is 197 Å². The SMILES string of the molecule is CCCCC(C)(CCCC)C(=O)O.CCCCC(CCCC)(NC(=O)c1ccccc1)C(=O)O.CCCCC(NC(=O)c1ccccc1)C(=O)O.CCCCC1(CCCC)N=C(c2ccccc2)OC1=O.CCCCC1N=C(c2ccccc2)OC1=O.O=C(O)CNC(=O)c1ccccc1.O=C1CN=C(c2ccccc2)O1. The monoisotopic (exact) mass is 1540 g/mol. The summed E-state index contributed by atoms with van der Waals surface area (Å²) >= 11 is 0. The van der Waals surface area contributed by atoms with Crippen LogP contribution in [0.4, 0.5) is 0 Å². The number of unbranched alkanes of at least 4 members (excludes halogenated alkanes) is 8. The minimum Gasteiger partial charge on any atom is -0.481 e. The smallest absolute Gasteiger partial charge is 0.340 e. The Morgan fingerprint density at radius 3 is 1.26 bits per heavy atom. The lowest BCUT2D eigenvalue weighted by Crippen LogP contribution is -2.54. The van der Waals surface area contributed by atoms with Crippen LogP contribution in [0.1, 0.15) is 264 Å². The van der Waals surface area contributed by atoms with E-state index in [1.807, 2.05) is 131 Å². The lowest BCUT2D eigenvalue weighted by molar-refractivity contribution is -0.149. The standard InChI is InChI=1S/C17H25NO3.C17H23NO2.C13H17NO3.C13H15NO2.C11H22O2.C9H9NO3.C9H7NO2/c1-3-5-12-17(16(20)21,13-6-4-2)18-15(19)14-10-8-7-9-11-14;1-3-5-12-17(13-6-4-2)16(19)20-15(18-17)14-10-8-7-9-11-14;1-2-3-9-11(13(16)17)14-12(15)10-7-5-4-6-8-10;1-2-3-9-11-13(15)16-12(14-11)10-7-5-4-6-8-10;1-4-6-8-11(3,10(12)13)9-7-5-2;11-8(12)6-10-9(13)7-4-2-1-3-5-7;11-8-6-10-9(12-8)7-4-2-1-3-5-7/h7-11H,3-6,12-13H2,1-2H3,(H,18,19)(H,20,21);7-11H,3-6,12-13H2,1-2H3;4-8,11H,2-3,9H2,1H3,(H,14,15)(H,16,17);4-8,11H,2-3,9H2,1H3;4-9H2,1-3H3,(H,12,13);1-5H,6H2,(H,10,13)(H,11,12);1-5H,6H2. The van der Waals surface area contributed by atoms with Crippen molar-refractivity contribution < 1.29 is 82.6 Å². The molecule has 112 heavy (non-hydrogen) atoms. The molecule has 0 aliphatic carbocycles. The maximum atomic E-state index is 12.4. The first-order valence-electron chi connectivity index (χ1n) is 39.4. The molecule has 23 nitrogen and oxygen atoms in total. The Balaban J connectivity index is 0.000000341. The van der Waals surface area contributed by atoms with Gasteiger partial charge >= 0.3 is 41.8 Å². The van der Waals surface area contributed by atoms with E-state index in [2.05, 4.69) is 60.6 Å². The summed E-state index contributed by atoms with van der Waals surface area (Å²) < 4.78 is 15.5. The fourth-order valence-electron chi connectivity index (χ4n) is 11.4. The summed E-state index contributed by atoms with van der Waals surface area (Å²) in [6.07, 6.45) is 20.9. The first-order chi connectivity index (χ1) is 53.8. The van der Waals surface area contributed by atoms with E-state index in [1.54, 1.807) is 78.9 Å². The van der Waals surface area contributed by atoms with Gasteiger partial charge in [0.05, 0.1) is 5.41 Å². The van der Waals surface area contributed by atoms with Crippen LogP contribution in [0.25, 0.3) is 0 Å². The second-order valence-electron chi connectivity index (χ2n) is 27.6. The number of rotatable bonds is 37. The van der Waals surface area contributed by atoms with Gasteiger partial charge in [-0.15, -0.1) is 0 Å². The number of cyclic esters (lactones) is 3. The Bertz CT molecular complexity index is 3870. The Hall–Kier alpha value is -11.0. The summed E-state index contributed by atoms with van der Waals surface area (Å²) in [6, 6.07) is 53.4. The molecule has 3 heterocycles. The summed E-state index contributed by atoms with van der Waals surface area (Å²) in [7, 11) is 0. The average Bonchev–Trinajstić information content (AvgIpc) is 1.62. The predicted molar refractivity (Wildman–Crippen MR) is 437 cm³/mol. The zero-order valence-corrected chi connectivity index (χ0v) is 66.8. The van der Waals surface area contributed by atoms with Crippen LogP contribution in [0, 0.1) is 5.41 Å².